The first-order valence-corrected chi connectivity index (χ1v) is 5.28. The molecule has 94 valence electrons. The third kappa shape index (κ3) is 3.58. The van der Waals surface area contributed by atoms with Crippen molar-refractivity contribution in [1.29, 1.82) is 0 Å². The van der Waals surface area contributed by atoms with E-state index in [-0.39, 0.29) is 5.03 Å². The fourth-order valence-corrected chi connectivity index (χ4v) is 1.66. The smallest absolute Gasteiger partial charge is 0.435 e. The molecule has 1 aromatic heterocycles. The number of aromatic nitrogens is 2. The maximum atomic E-state index is 12.2. The van der Waals surface area contributed by atoms with E-state index in [1.54, 1.807) is 0 Å². The first-order valence-electron chi connectivity index (χ1n) is 4.46. The van der Waals surface area contributed by atoms with E-state index < -0.39 is 22.6 Å². The minimum Gasteiger partial charge on any atom is -0.480 e. The molecule has 0 bridgehead atoms. The molecule has 0 saturated heterocycles. The van der Waals surface area contributed by atoms with Crippen molar-refractivity contribution in [2.24, 2.45) is 0 Å². The van der Waals surface area contributed by atoms with Gasteiger partial charge < -0.3 is 5.11 Å². The first kappa shape index (κ1) is 13.8. The van der Waals surface area contributed by atoms with Crippen molar-refractivity contribution >= 4 is 17.7 Å². The molecule has 8 heteroatoms. The lowest BCUT2D eigenvalue weighted by atomic mass is 10.2. The Morgan fingerprint density at radius 2 is 1.88 bits per heavy atom. The molecule has 17 heavy (non-hydrogen) atoms. The topological polar surface area (TPSA) is 63.1 Å². The van der Waals surface area contributed by atoms with Crippen LogP contribution in [0.5, 0.6) is 0 Å². The second kappa shape index (κ2) is 4.52. The fraction of sp³-hybridized carbons (Fsp3) is 0.444. The third-order valence-electron chi connectivity index (χ3n) is 1.81. The van der Waals surface area contributed by atoms with Gasteiger partial charge in [-0.1, -0.05) is 11.8 Å². The van der Waals surface area contributed by atoms with Crippen molar-refractivity contribution in [3.05, 3.63) is 17.8 Å². The second-order valence-electron chi connectivity index (χ2n) is 3.67. The highest BCUT2D eigenvalue weighted by molar-refractivity contribution is 8.01. The Balaban J connectivity index is 2.86. The van der Waals surface area contributed by atoms with Crippen LogP contribution in [0.25, 0.3) is 0 Å². The van der Waals surface area contributed by atoms with Gasteiger partial charge in [-0.2, -0.15) is 13.2 Å². The Kier molecular flexibility index (Phi) is 3.65. The van der Waals surface area contributed by atoms with Crippen LogP contribution in [-0.4, -0.2) is 26.0 Å². The summed E-state index contributed by atoms with van der Waals surface area (Å²) in [7, 11) is 0. The third-order valence-corrected chi connectivity index (χ3v) is 2.92. The van der Waals surface area contributed by atoms with Crippen LogP contribution in [0.15, 0.2) is 17.2 Å². The Hall–Kier alpha value is -1.31. The van der Waals surface area contributed by atoms with Gasteiger partial charge in [-0.25, -0.2) is 0 Å². The average molecular weight is 266 g/mol. The number of carbonyl (C=O) groups is 1. The molecule has 4 nitrogen and oxygen atoms in total. The van der Waals surface area contributed by atoms with Crippen molar-refractivity contribution in [3.63, 3.8) is 0 Å². The SMILES string of the molecule is CC(C)(Sc1ccc(C(F)(F)F)nn1)C(=O)O. The summed E-state index contributed by atoms with van der Waals surface area (Å²) in [5.74, 6) is -1.08. The lowest BCUT2D eigenvalue weighted by Crippen LogP contribution is -2.27. The normalized spacial score (nSPS) is 12.5. The number of carboxylic acids is 1. The van der Waals surface area contributed by atoms with Crippen molar-refractivity contribution in [2.75, 3.05) is 0 Å². The van der Waals surface area contributed by atoms with Crippen molar-refractivity contribution in [1.82, 2.24) is 10.2 Å². The number of hydrogen-bond acceptors (Lipinski definition) is 4. The molecule has 0 fully saturated rings. The summed E-state index contributed by atoms with van der Waals surface area (Å²) in [4.78, 5) is 10.8. The van der Waals surface area contributed by atoms with Gasteiger partial charge in [0.15, 0.2) is 5.69 Å². The van der Waals surface area contributed by atoms with Gasteiger partial charge in [0, 0.05) is 0 Å². The summed E-state index contributed by atoms with van der Waals surface area (Å²) < 4.78 is 35.4. The van der Waals surface area contributed by atoms with Crippen LogP contribution in [0.1, 0.15) is 19.5 Å². The molecule has 0 atom stereocenters. The molecule has 1 heterocycles. The minimum atomic E-state index is -4.54. The highest BCUT2D eigenvalue weighted by Gasteiger charge is 2.34. The van der Waals surface area contributed by atoms with Crippen LogP contribution in [0.2, 0.25) is 0 Å². The van der Waals surface area contributed by atoms with E-state index in [2.05, 4.69) is 10.2 Å². The van der Waals surface area contributed by atoms with Crippen molar-refractivity contribution in [2.45, 2.75) is 29.8 Å². The Morgan fingerprint density at radius 3 is 2.24 bits per heavy atom. The zero-order valence-electron chi connectivity index (χ0n) is 8.95. The van der Waals surface area contributed by atoms with E-state index in [1.807, 2.05) is 0 Å². The second-order valence-corrected chi connectivity index (χ2v) is 5.32. The standard InChI is InChI=1S/C9H9F3N2O2S/c1-8(2,7(15)16)17-6-4-3-5(13-14-6)9(10,11)12/h3-4H,1-2H3,(H,15,16). The number of halogens is 3. The number of rotatable bonds is 3. The van der Waals surface area contributed by atoms with E-state index in [4.69, 9.17) is 5.11 Å². The number of hydrogen-bond donors (Lipinski definition) is 1. The monoisotopic (exact) mass is 266 g/mol. The quantitative estimate of drug-likeness (QED) is 0.851. The Labute approximate surface area is 99.2 Å². The van der Waals surface area contributed by atoms with Crippen molar-refractivity contribution in [3.8, 4) is 0 Å². The molecule has 0 radical (unpaired) electrons. The predicted octanol–water partition coefficient (Wildman–Crippen LogP) is 2.45. The molecule has 0 aliphatic heterocycles. The maximum Gasteiger partial charge on any atom is 0.435 e. The molecule has 0 unspecified atom stereocenters. The predicted molar refractivity (Wildman–Crippen MR) is 54.6 cm³/mol. The summed E-state index contributed by atoms with van der Waals surface area (Å²) >= 11 is 0.833. The summed E-state index contributed by atoms with van der Waals surface area (Å²) in [5, 5.41) is 15.3. The lowest BCUT2D eigenvalue weighted by Gasteiger charge is -2.17. The van der Waals surface area contributed by atoms with Gasteiger partial charge in [-0.3, -0.25) is 4.79 Å². The zero-order chi connectivity index (χ0) is 13.3. The fourth-order valence-electron chi connectivity index (χ4n) is 0.831. The van der Waals surface area contributed by atoms with Crippen molar-refractivity contribution < 1.29 is 23.1 Å². The molecular weight excluding hydrogens is 257 g/mol. The number of carboxylic acid groups (broad SMARTS) is 1. The lowest BCUT2D eigenvalue weighted by molar-refractivity contribution is -0.142. The molecule has 1 N–H and O–H groups in total. The number of thioether (sulfide) groups is 1. The van der Waals surface area contributed by atoms with Crippen LogP contribution in [-0.2, 0) is 11.0 Å². The molecule has 1 rings (SSSR count). The number of aliphatic carboxylic acids is 1. The molecule has 0 aromatic carbocycles. The van der Waals surface area contributed by atoms with Crippen LogP contribution in [0, 0.1) is 0 Å². The summed E-state index contributed by atoms with van der Waals surface area (Å²) in [6, 6.07) is 1.87. The van der Waals surface area contributed by atoms with Gasteiger partial charge in [0.05, 0.1) is 0 Å². The Bertz CT molecular complexity index is 417. The highest BCUT2D eigenvalue weighted by atomic mass is 32.2. The highest BCUT2D eigenvalue weighted by Crippen LogP contribution is 2.32. The summed E-state index contributed by atoms with van der Waals surface area (Å²) in [5.41, 5.74) is -1.10. The maximum absolute atomic E-state index is 12.2. The summed E-state index contributed by atoms with van der Waals surface area (Å²) in [6.07, 6.45) is -4.54. The van der Waals surface area contributed by atoms with Gasteiger partial charge in [-0.05, 0) is 26.0 Å². The average Bonchev–Trinajstić information content (AvgIpc) is 2.16. The van der Waals surface area contributed by atoms with E-state index in [0.717, 1.165) is 23.9 Å². The van der Waals surface area contributed by atoms with Crippen LogP contribution < -0.4 is 0 Å². The minimum absolute atomic E-state index is 0.130. The van der Waals surface area contributed by atoms with Gasteiger partial charge in [0.1, 0.15) is 9.77 Å². The van der Waals surface area contributed by atoms with E-state index in [1.165, 1.54) is 13.8 Å². The summed E-state index contributed by atoms with van der Waals surface area (Å²) in [6.45, 7) is 2.86. The van der Waals surface area contributed by atoms with E-state index in [9.17, 15) is 18.0 Å². The van der Waals surface area contributed by atoms with E-state index in [0.29, 0.717) is 0 Å². The molecule has 0 amide bonds. The Morgan fingerprint density at radius 1 is 1.29 bits per heavy atom. The molecule has 1 aromatic rings. The number of nitrogens with zero attached hydrogens (tertiary/aromatic N) is 2. The van der Waals surface area contributed by atoms with Gasteiger partial charge in [0.2, 0.25) is 0 Å². The molecule has 0 aliphatic rings. The number of alkyl halides is 3. The van der Waals surface area contributed by atoms with Gasteiger partial charge in [-0.15, -0.1) is 10.2 Å². The molecular formula is C9H9F3N2O2S. The first-order chi connectivity index (χ1) is 7.63. The molecule has 0 spiro atoms. The van der Waals surface area contributed by atoms with Crippen LogP contribution in [0.3, 0.4) is 0 Å². The van der Waals surface area contributed by atoms with Gasteiger partial charge in [0.25, 0.3) is 0 Å². The zero-order valence-corrected chi connectivity index (χ0v) is 9.76. The molecule has 0 saturated carbocycles. The van der Waals surface area contributed by atoms with Crippen LogP contribution in [0.4, 0.5) is 13.2 Å². The van der Waals surface area contributed by atoms with Gasteiger partial charge >= 0.3 is 12.1 Å². The largest absolute Gasteiger partial charge is 0.480 e. The molecule has 0 aliphatic carbocycles. The van der Waals surface area contributed by atoms with E-state index >= 15 is 0 Å². The van der Waals surface area contributed by atoms with Crippen LogP contribution >= 0.6 is 11.8 Å².